The normalized spacial score (nSPS) is 29.5. The maximum Gasteiger partial charge on any atom is 0.000670 e. The minimum absolute atomic E-state index is 0.980. The predicted molar refractivity (Wildman–Crippen MR) is 58.9 cm³/mol. The number of hydrogen-bond donors (Lipinski definition) is 0. The molecule has 1 saturated carbocycles. The number of hydrogen-bond acceptors (Lipinski definition) is 1. The van der Waals surface area contributed by atoms with Crippen molar-refractivity contribution < 1.29 is 0 Å². The highest BCUT2D eigenvalue weighted by molar-refractivity contribution is 4.72. The van der Waals surface area contributed by atoms with Gasteiger partial charge in [0.25, 0.3) is 0 Å². The number of rotatable bonds is 4. The fourth-order valence-electron chi connectivity index (χ4n) is 2.64. The maximum atomic E-state index is 2.50. The van der Waals surface area contributed by atoms with Gasteiger partial charge in [0.1, 0.15) is 0 Å². The minimum Gasteiger partial charge on any atom is -0.306 e. The Morgan fingerprint density at radius 3 is 2.69 bits per heavy atom. The second kappa shape index (κ2) is 5.64. The summed E-state index contributed by atoms with van der Waals surface area (Å²) < 4.78 is 0. The standard InChI is InChI=1S/C12H25N/c1-4-8-13(3)10-12-7-5-6-11(2)9-12/h11-12H,4-10H2,1-3H3. The highest BCUT2D eigenvalue weighted by Crippen LogP contribution is 2.28. The van der Waals surface area contributed by atoms with Gasteiger partial charge in [0.2, 0.25) is 0 Å². The van der Waals surface area contributed by atoms with Crippen LogP contribution in [0.4, 0.5) is 0 Å². The number of nitrogens with zero attached hydrogens (tertiary/aromatic N) is 1. The van der Waals surface area contributed by atoms with Crippen LogP contribution in [-0.4, -0.2) is 25.0 Å². The van der Waals surface area contributed by atoms with E-state index >= 15 is 0 Å². The smallest absolute Gasteiger partial charge is 0.000670 e. The summed E-state index contributed by atoms with van der Waals surface area (Å²) in [6, 6.07) is 0. The van der Waals surface area contributed by atoms with Crippen LogP contribution in [0.25, 0.3) is 0 Å². The lowest BCUT2D eigenvalue weighted by Crippen LogP contribution is -2.29. The van der Waals surface area contributed by atoms with Crippen LogP contribution in [0.3, 0.4) is 0 Å². The summed E-state index contributed by atoms with van der Waals surface area (Å²) in [4.78, 5) is 2.50. The van der Waals surface area contributed by atoms with E-state index < -0.39 is 0 Å². The van der Waals surface area contributed by atoms with Gasteiger partial charge < -0.3 is 4.90 Å². The Morgan fingerprint density at radius 1 is 1.31 bits per heavy atom. The summed E-state index contributed by atoms with van der Waals surface area (Å²) in [7, 11) is 2.27. The summed E-state index contributed by atoms with van der Waals surface area (Å²) >= 11 is 0. The molecule has 0 N–H and O–H groups in total. The van der Waals surface area contributed by atoms with Crippen molar-refractivity contribution in [2.24, 2.45) is 11.8 Å². The van der Waals surface area contributed by atoms with E-state index in [-0.39, 0.29) is 0 Å². The van der Waals surface area contributed by atoms with Gasteiger partial charge in [0.05, 0.1) is 0 Å². The summed E-state index contributed by atoms with van der Waals surface area (Å²) in [6.45, 7) is 7.27. The first-order chi connectivity index (χ1) is 6.22. The first-order valence-corrected chi connectivity index (χ1v) is 5.91. The second-order valence-electron chi connectivity index (χ2n) is 4.90. The van der Waals surface area contributed by atoms with Gasteiger partial charge >= 0.3 is 0 Å². The zero-order chi connectivity index (χ0) is 9.68. The monoisotopic (exact) mass is 183 g/mol. The van der Waals surface area contributed by atoms with Crippen molar-refractivity contribution in [3.05, 3.63) is 0 Å². The van der Waals surface area contributed by atoms with Crippen LogP contribution < -0.4 is 0 Å². The van der Waals surface area contributed by atoms with E-state index in [1.807, 2.05) is 0 Å². The first kappa shape index (κ1) is 11.0. The summed E-state index contributed by atoms with van der Waals surface area (Å²) in [5.74, 6) is 1.97. The van der Waals surface area contributed by atoms with E-state index in [1.54, 1.807) is 0 Å². The molecule has 1 aliphatic carbocycles. The van der Waals surface area contributed by atoms with Gasteiger partial charge in [-0.25, -0.2) is 0 Å². The molecule has 0 amide bonds. The van der Waals surface area contributed by atoms with E-state index in [0.29, 0.717) is 0 Å². The van der Waals surface area contributed by atoms with Crippen LogP contribution in [0.1, 0.15) is 46.0 Å². The summed E-state index contributed by atoms with van der Waals surface area (Å²) in [5.41, 5.74) is 0. The maximum absolute atomic E-state index is 2.50. The molecular formula is C12H25N. The Bertz CT molecular complexity index is 133. The third-order valence-electron chi connectivity index (χ3n) is 3.22. The average Bonchev–Trinajstić information content (AvgIpc) is 2.04. The van der Waals surface area contributed by atoms with Crippen LogP contribution in [0.5, 0.6) is 0 Å². The Kier molecular flexibility index (Phi) is 4.79. The molecule has 1 fully saturated rings. The van der Waals surface area contributed by atoms with E-state index in [2.05, 4.69) is 25.8 Å². The molecule has 13 heavy (non-hydrogen) atoms. The summed E-state index contributed by atoms with van der Waals surface area (Å²) in [5, 5.41) is 0. The second-order valence-corrected chi connectivity index (χ2v) is 4.90. The van der Waals surface area contributed by atoms with Crippen molar-refractivity contribution in [1.29, 1.82) is 0 Å². The predicted octanol–water partition coefficient (Wildman–Crippen LogP) is 3.15. The van der Waals surface area contributed by atoms with Gasteiger partial charge in [0, 0.05) is 6.54 Å². The fraction of sp³-hybridized carbons (Fsp3) is 1.00. The van der Waals surface area contributed by atoms with E-state index in [4.69, 9.17) is 0 Å². The van der Waals surface area contributed by atoms with Crippen LogP contribution in [0.15, 0.2) is 0 Å². The lowest BCUT2D eigenvalue weighted by Gasteiger charge is -2.30. The molecule has 0 bridgehead atoms. The van der Waals surface area contributed by atoms with Gasteiger partial charge in [-0.3, -0.25) is 0 Å². The molecular weight excluding hydrogens is 158 g/mol. The van der Waals surface area contributed by atoms with Crippen molar-refractivity contribution >= 4 is 0 Å². The van der Waals surface area contributed by atoms with Crippen molar-refractivity contribution in [1.82, 2.24) is 4.90 Å². The van der Waals surface area contributed by atoms with Gasteiger partial charge in [0.15, 0.2) is 0 Å². The van der Waals surface area contributed by atoms with E-state index in [1.165, 1.54) is 45.2 Å². The van der Waals surface area contributed by atoms with Crippen LogP contribution in [0.2, 0.25) is 0 Å². The molecule has 0 aromatic rings. The molecule has 0 saturated heterocycles. The molecule has 2 unspecified atom stereocenters. The van der Waals surface area contributed by atoms with Gasteiger partial charge in [-0.15, -0.1) is 0 Å². The molecule has 78 valence electrons. The molecule has 1 aliphatic rings. The Morgan fingerprint density at radius 2 is 2.08 bits per heavy atom. The third-order valence-corrected chi connectivity index (χ3v) is 3.22. The summed E-state index contributed by atoms with van der Waals surface area (Å²) in [6.07, 6.45) is 7.16. The molecule has 0 aromatic carbocycles. The molecule has 0 aliphatic heterocycles. The SMILES string of the molecule is CCCN(C)CC1CCCC(C)C1. The molecule has 1 nitrogen and oxygen atoms in total. The molecule has 0 heterocycles. The third kappa shape index (κ3) is 4.12. The average molecular weight is 183 g/mol. The Hall–Kier alpha value is -0.0400. The minimum atomic E-state index is 0.980. The van der Waals surface area contributed by atoms with Gasteiger partial charge in [-0.1, -0.05) is 26.7 Å². The lowest BCUT2D eigenvalue weighted by molar-refractivity contribution is 0.204. The highest BCUT2D eigenvalue weighted by Gasteiger charge is 2.19. The van der Waals surface area contributed by atoms with E-state index in [9.17, 15) is 0 Å². The largest absolute Gasteiger partial charge is 0.306 e. The molecule has 0 radical (unpaired) electrons. The molecule has 1 rings (SSSR count). The van der Waals surface area contributed by atoms with Gasteiger partial charge in [-0.05, 0) is 44.7 Å². The quantitative estimate of drug-likeness (QED) is 0.647. The van der Waals surface area contributed by atoms with Crippen molar-refractivity contribution in [3.63, 3.8) is 0 Å². The van der Waals surface area contributed by atoms with Crippen molar-refractivity contribution in [2.75, 3.05) is 20.1 Å². The Labute approximate surface area is 83.5 Å². The van der Waals surface area contributed by atoms with Crippen molar-refractivity contribution in [3.8, 4) is 0 Å². The lowest BCUT2D eigenvalue weighted by atomic mass is 9.82. The Balaban J connectivity index is 2.19. The molecule has 0 spiro atoms. The molecule has 1 heteroatoms. The fourth-order valence-corrected chi connectivity index (χ4v) is 2.64. The van der Waals surface area contributed by atoms with Crippen molar-refractivity contribution in [2.45, 2.75) is 46.0 Å². The topological polar surface area (TPSA) is 3.24 Å². The zero-order valence-corrected chi connectivity index (χ0v) is 9.55. The highest BCUT2D eigenvalue weighted by atomic mass is 15.1. The molecule has 2 atom stereocenters. The van der Waals surface area contributed by atoms with Crippen LogP contribution >= 0.6 is 0 Å². The first-order valence-electron chi connectivity index (χ1n) is 5.91. The molecule has 0 aromatic heterocycles. The van der Waals surface area contributed by atoms with E-state index in [0.717, 1.165) is 11.8 Å². The zero-order valence-electron chi connectivity index (χ0n) is 9.55. The van der Waals surface area contributed by atoms with Crippen LogP contribution in [0, 0.1) is 11.8 Å². The van der Waals surface area contributed by atoms with Crippen LogP contribution in [-0.2, 0) is 0 Å². The van der Waals surface area contributed by atoms with Gasteiger partial charge in [-0.2, -0.15) is 0 Å².